The van der Waals surface area contributed by atoms with Gasteiger partial charge in [-0.15, -0.1) is 10.1 Å². The fourth-order valence-electron chi connectivity index (χ4n) is 2.92. The highest BCUT2D eigenvalue weighted by atomic mass is 32.2. The molecule has 1 saturated carbocycles. The molecule has 1 saturated heterocycles. The Morgan fingerprint density at radius 2 is 2.05 bits per heavy atom. The summed E-state index contributed by atoms with van der Waals surface area (Å²) in [7, 11) is 0. The van der Waals surface area contributed by atoms with Gasteiger partial charge in [-0.3, -0.25) is 9.59 Å². The van der Waals surface area contributed by atoms with Gasteiger partial charge in [-0.2, -0.15) is 0 Å². The molecule has 22 heavy (non-hydrogen) atoms. The van der Waals surface area contributed by atoms with Gasteiger partial charge in [0.2, 0.25) is 5.91 Å². The summed E-state index contributed by atoms with van der Waals surface area (Å²) in [6, 6.07) is -0.456. The predicted octanol–water partition coefficient (Wildman–Crippen LogP) is 1.33. The summed E-state index contributed by atoms with van der Waals surface area (Å²) in [6.07, 6.45) is 3.60. The Morgan fingerprint density at radius 3 is 2.59 bits per heavy atom. The van der Waals surface area contributed by atoms with Crippen LogP contribution in [0.1, 0.15) is 32.6 Å². The smallest absolute Gasteiger partial charge is 0.294 e. The van der Waals surface area contributed by atoms with Crippen molar-refractivity contribution in [2.75, 3.05) is 13.2 Å². The van der Waals surface area contributed by atoms with E-state index in [1.807, 2.05) is 6.92 Å². The normalized spacial score (nSPS) is 31.4. The van der Waals surface area contributed by atoms with E-state index in [4.69, 9.17) is 0 Å². The van der Waals surface area contributed by atoms with Crippen molar-refractivity contribution in [2.24, 2.45) is 11.8 Å². The van der Waals surface area contributed by atoms with Crippen molar-refractivity contribution in [3.63, 3.8) is 0 Å². The number of carbonyl (C=O) groups is 2. The molecule has 0 aromatic carbocycles. The average molecular weight is 331 g/mol. The minimum absolute atomic E-state index is 0.0532. The van der Waals surface area contributed by atoms with E-state index < -0.39 is 11.1 Å². The fraction of sp³-hybridized carbons (Fsp3) is 0.846. The Kier molecular flexibility index (Phi) is 5.87. The van der Waals surface area contributed by atoms with Gasteiger partial charge in [-0.05, 0) is 37.5 Å². The lowest BCUT2D eigenvalue weighted by Crippen LogP contribution is -2.47. The van der Waals surface area contributed by atoms with Crippen LogP contribution in [-0.4, -0.2) is 40.7 Å². The first-order valence-electron chi connectivity index (χ1n) is 7.48. The standard InChI is InChI=1S/C13H21N3O5S/c1-8-11(15-13(18)22-8)12(17)14-6-9-2-4-10(5-3-9)7-21-16(19)20/h8-11H,2-7H2,1H3,(H,14,17)(H,15,18). The van der Waals surface area contributed by atoms with Gasteiger partial charge in [0, 0.05) is 11.8 Å². The molecule has 0 aromatic heterocycles. The molecule has 2 N–H and O–H groups in total. The second-order valence-electron chi connectivity index (χ2n) is 5.88. The maximum Gasteiger partial charge on any atom is 0.294 e. The van der Waals surface area contributed by atoms with E-state index in [-0.39, 0.29) is 28.9 Å². The molecule has 1 aliphatic heterocycles. The van der Waals surface area contributed by atoms with Crippen LogP contribution in [0.25, 0.3) is 0 Å². The van der Waals surface area contributed by atoms with E-state index >= 15 is 0 Å². The second-order valence-corrected chi connectivity index (χ2v) is 7.23. The molecule has 2 atom stereocenters. The molecule has 2 rings (SSSR count). The van der Waals surface area contributed by atoms with Crippen molar-refractivity contribution in [1.29, 1.82) is 0 Å². The van der Waals surface area contributed by atoms with Gasteiger partial charge < -0.3 is 15.5 Å². The third-order valence-corrected chi connectivity index (χ3v) is 5.24. The number of amides is 2. The highest BCUT2D eigenvalue weighted by molar-refractivity contribution is 8.14. The number of nitrogens with zero attached hydrogens (tertiary/aromatic N) is 1. The van der Waals surface area contributed by atoms with E-state index in [2.05, 4.69) is 15.5 Å². The zero-order chi connectivity index (χ0) is 16.1. The summed E-state index contributed by atoms with van der Waals surface area (Å²) in [6.45, 7) is 2.60. The van der Waals surface area contributed by atoms with Gasteiger partial charge in [0.15, 0.2) is 0 Å². The molecule has 0 radical (unpaired) electrons. The first-order chi connectivity index (χ1) is 10.5. The van der Waals surface area contributed by atoms with E-state index in [1.54, 1.807) is 0 Å². The van der Waals surface area contributed by atoms with Gasteiger partial charge in [0.25, 0.3) is 10.3 Å². The molecule has 0 aromatic rings. The van der Waals surface area contributed by atoms with Crippen LogP contribution >= 0.6 is 11.8 Å². The zero-order valence-corrected chi connectivity index (χ0v) is 13.3. The molecule has 9 heteroatoms. The summed E-state index contributed by atoms with van der Waals surface area (Å²) < 4.78 is 0. The van der Waals surface area contributed by atoms with Crippen LogP contribution in [-0.2, 0) is 9.63 Å². The zero-order valence-electron chi connectivity index (χ0n) is 12.4. The number of thioether (sulfide) groups is 1. The van der Waals surface area contributed by atoms with Crippen molar-refractivity contribution in [3.05, 3.63) is 10.1 Å². The van der Waals surface area contributed by atoms with Crippen molar-refractivity contribution in [3.8, 4) is 0 Å². The number of hydrogen-bond donors (Lipinski definition) is 2. The Hall–Kier alpha value is -1.51. The minimum atomic E-state index is -0.749. The van der Waals surface area contributed by atoms with E-state index in [1.165, 1.54) is 0 Å². The topological polar surface area (TPSA) is 111 Å². The molecular formula is C13H21N3O5S. The Labute approximate surface area is 132 Å². The lowest BCUT2D eigenvalue weighted by molar-refractivity contribution is -0.759. The monoisotopic (exact) mass is 331 g/mol. The molecule has 0 spiro atoms. The maximum absolute atomic E-state index is 12.1. The molecule has 1 aliphatic carbocycles. The molecule has 1 heterocycles. The van der Waals surface area contributed by atoms with Gasteiger partial charge in [0.05, 0.1) is 6.61 Å². The summed E-state index contributed by atoms with van der Waals surface area (Å²) in [5.41, 5.74) is 0. The second kappa shape index (κ2) is 7.66. The summed E-state index contributed by atoms with van der Waals surface area (Å²) in [5, 5.41) is 14.8. The Bertz CT molecular complexity index is 439. The van der Waals surface area contributed by atoms with E-state index in [0.29, 0.717) is 12.5 Å². The van der Waals surface area contributed by atoms with Crippen LogP contribution in [0.4, 0.5) is 4.79 Å². The van der Waals surface area contributed by atoms with Crippen LogP contribution in [0.2, 0.25) is 0 Å². The van der Waals surface area contributed by atoms with Crippen LogP contribution in [0.5, 0.6) is 0 Å². The first-order valence-corrected chi connectivity index (χ1v) is 8.36. The Balaban J connectivity index is 1.65. The van der Waals surface area contributed by atoms with Gasteiger partial charge in [0.1, 0.15) is 6.04 Å². The Morgan fingerprint density at radius 1 is 1.41 bits per heavy atom. The molecule has 8 nitrogen and oxygen atoms in total. The molecule has 2 unspecified atom stereocenters. The van der Waals surface area contributed by atoms with Gasteiger partial charge in [-0.25, -0.2) is 0 Å². The van der Waals surface area contributed by atoms with E-state index in [9.17, 15) is 19.7 Å². The molecule has 0 bridgehead atoms. The fourth-order valence-corrected chi connectivity index (χ4v) is 3.78. The minimum Gasteiger partial charge on any atom is -0.354 e. The third-order valence-electron chi connectivity index (χ3n) is 4.27. The van der Waals surface area contributed by atoms with Crippen molar-refractivity contribution < 1.29 is 19.5 Å². The number of rotatable bonds is 6. The molecular weight excluding hydrogens is 310 g/mol. The highest BCUT2D eigenvalue weighted by Crippen LogP contribution is 2.29. The van der Waals surface area contributed by atoms with Crippen molar-refractivity contribution in [1.82, 2.24) is 10.6 Å². The highest BCUT2D eigenvalue weighted by Gasteiger charge is 2.35. The number of carbonyl (C=O) groups excluding carboxylic acids is 2. The van der Waals surface area contributed by atoms with Crippen LogP contribution in [0, 0.1) is 22.0 Å². The SMILES string of the molecule is CC1SC(=O)NC1C(=O)NCC1CCC(CO[N+](=O)[O-])CC1. The molecule has 2 aliphatic rings. The molecule has 2 fully saturated rings. The summed E-state index contributed by atoms with van der Waals surface area (Å²) in [5.74, 6) is 0.475. The quantitative estimate of drug-likeness (QED) is 0.561. The lowest BCUT2D eigenvalue weighted by Gasteiger charge is -2.28. The van der Waals surface area contributed by atoms with Crippen molar-refractivity contribution >= 4 is 22.9 Å². The number of nitrogens with one attached hydrogen (secondary N) is 2. The maximum atomic E-state index is 12.1. The average Bonchev–Trinajstić information content (AvgIpc) is 2.82. The lowest BCUT2D eigenvalue weighted by atomic mass is 9.82. The largest absolute Gasteiger partial charge is 0.354 e. The van der Waals surface area contributed by atoms with Gasteiger partial charge >= 0.3 is 0 Å². The van der Waals surface area contributed by atoms with E-state index in [0.717, 1.165) is 37.4 Å². The van der Waals surface area contributed by atoms with Crippen LogP contribution < -0.4 is 10.6 Å². The third kappa shape index (κ3) is 4.75. The summed E-state index contributed by atoms with van der Waals surface area (Å²) >= 11 is 1.15. The predicted molar refractivity (Wildman–Crippen MR) is 80.8 cm³/mol. The molecule has 124 valence electrons. The van der Waals surface area contributed by atoms with Crippen LogP contribution in [0.3, 0.4) is 0 Å². The van der Waals surface area contributed by atoms with Crippen LogP contribution in [0.15, 0.2) is 0 Å². The number of hydrogen-bond acceptors (Lipinski definition) is 6. The van der Waals surface area contributed by atoms with Gasteiger partial charge in [-0.1, -0.05) is 18.7 Å². The summed E-state index contributed by atoms with van der Waals surface area (Å²) in [4.78, 5) is 37.9. The first kappa shape index (κ1) is 16.9. The van der Waals surface area contributed by atoms with Crippen molar-refractivity contribution in [2.45, 2.75) is 43.9 Å². The molecule has 2 amide bonds.